The fourth-order valence-corrected chi connectivity index (χ4v) is 3.49. The van der Waals surface area contributed by atoms with Gasteiger partial charge in [0.05, 0.1) is 0 Å². The van der Waals surface area contributed by atoms with Gasteiger partial charge in [-0.1, -0.05) is 43.2 Å². The minimum Gasteiger partial charge on any atom is -0.334 e. The molecule has 1 aromatic rings. The summed E-state index contributed by atoms with van der Waals surface area (Å²) in [6, 6.07) is 10.4. The van der Waals surface area contributed by atoms with E-state index in [9.17, 15) is 9.59 Å². The van der Waals surface area contributed by atoms with Crippen molar-refractivity contribution in [2.45, 2.75) is 32.2 Å². The van der Waals surface area contributed by atoms with E-state index in [0.29, 0.717) is 13.1 Å². The monoisotopic (exact) mass is 329 g/mol. The van der Waals surface area contributed by atoms with Crippen molar-refractivity contribution in [3.05, 3.63) is 35.9 Å². The number of hydrogen-bond acceptors (Lipinski definition) is 3. The maximum Gasteiger partial charge on any atom is 0.312 e. The van der Waals surface area contributed by atoms with E-state index >= 15 is 0 Å². The zero-order chi connectivity index (χ0) is 16.8. The van der Waals surface area contributed by atoms with Crippen LogP contribution in [0.4, 0.5) is 0 Å². The molecular formula is C19H27N3O2. The number of carbonyl (C=O) groups excluding carboxylic acids is 2. The van der Waals surface area contributed by atoms with Crippen LogP contribution in [0.3, 0.4) is 0 Å². The van der Waals surface area contributed by atoms with Crippen LogP contribution in [0.5, 0.6) is 0 Å². The summed E-state index contributed by atoms with van der Waals surface area (Å²) in [5, 5.41) is 0. The summed E-state index contributed by atoms with van der Waals surface area (Å²) in [6.07, 6.45) is 4.36. The van der Waals surface area contributed by atoms with Gasteiger partial charge in [0.1, 0.15) is 0 Å². The topological polar surface area (TPSA) is 43.9 Å². The van der Waals surface area contributed by atoms with Crippen LogP contribution < -0.4 is 0 Å². The number of carbonyl (C=O) groups is 2. The van der Waals surface area contributed by atoms with Crippen LogP contribution in [0.25, 0.3) is 0 Å². The van der Waals surface area contributed by atoms with Crippen molar-refractivity contribution >= 4 is 11.8 Å². The number of nitrogens with zero attached hydrogens (tertiary/aromatic N) is 3. The van der Waals surface area contributed by atoms with Crippen LogP contribution in [-0.4, -0.2) is 65.8 Å². The molecule has 0 atom stereocenters. The predicted molar refractivity (Wildman–Crippen MR) is 93.3 cm³/mol. The molecule has 2 saturated heterocycles. The number of benzene rings is 1. The van der Waals surface area contributed by atoms with Gasteiger partial charge in [0.2, 0.25) is 0 Å². The minimum absolute atomic E-state index is 0.298. The molecule has 1 aromatic carbocycles. The first-order valence-corrected chi connectivity index (χ1v) is 9.08. The van der Waals surface area contributed by atoms with Gasteiger partial charge in [-0.2, -0.15) is 0 Å². The molecule has 130 valence electrons. The highest BCUT2D eigenvalue weighted by molar-refractivity contribution is 6.34. The summed E-state index contributed by atoms with van der Waals surface area (Å²) >= 11 is 0. The van der Waals surface area contributed by atoms with Crippen molar-refractivity contribution < 1.29 is 9.59 Å². The van der Waals surface area contributed by atoms with Crippen LogP contribution in [0.15, 0.2) is 30.3 Å². The van der Waals surface area contributed by atoms with Crippen molar-refractivity contribution in [3.63, 3.8) is 0 Å². The SMILES string of the molecule is O=C(C(=O)N1CCN(Cc2ccccc2)CC1)N1CCCCCC1. The Morgan fingerprint density at radius 1 is 0.708 bits per heavy atom. The van der Waals surface area contributed by atoms with Crippen LogP contribution in [0.1, 0.15) is 31.2 Å². The molecule has 5 heteroatoms. The maximum atomic E-state index is 12.5. The highest BCUT2D eigenvalue weighted by Crippen LogP contribution is 2.12. The Balaban J connectivity index is 1.48. The number of amides is 2. The molecule has 0 aromatic heterocycles. The molecule has 2 fully saturated rings. The van der Waals surface area contributed by atoms with E-state index in [2.05, 4.69) is 29.2 Å². The molecule has 5 nitrogen and oxygen atoms in total. The van der Waals surface area contributed by atoms with E-state index in [1.807, 2.05) is 6.07 Å². The lowest BCUT2D eigenvalue weighted by Gasteiger charge is -2.35. The molecule has 0 spiro atoms. The van der Waals surface area contributed by atoms with Crippen molar-refractivity contribution in [2.75, 3.05) is 39.3 Å². The number of likely N-dealkylation sites (tertiary alicyclic amines) is 1. The largest absolute Gasteiger partial charge is 0.334 e. The van der Waals surface area contributed by atoms with E-state index in [0.717, 1.165) is 58.4 Å². The van der Waals surface area contributed by atoms with Crippen molar-refractivity contribution in [2.24, 2.45) is 0 Å². The van der Waals surface area contributed by atoms with E-state index in [-0.39, 0.29) is 11.8 Å². The second-order valence-electron chi connectivity index (χ2n) is 6.76. The Labute approximate surface area is 144 Å². The van der Waals surface area contributed by atoms with E-state index in [1.165, 1.54) is 5.56 Å². The first-order valence-electron chi connectivity index (χ1n) is 9.08. The molecule has 0 bridgehead atoms. The molecular weight excluding hydrogens is 302 g/mol. The molecule has 0 unspecified atom stereocenters. The van der Waals surface area contributed by atoms with E-state index in [1.54, 1.807) is 9.80 Å². The zero-order valence-corrected chi connectivity index (χ0v) is 14.3. The maximum absolute atomic E-state index is 12.5. The second-order valence-corrected chi connectivity index (χ2v) is 6.76. The lowest BCUT2D eigenvalue weighted by Crippen LogP contribution is -2.53. The molecule has 0 aliphatic carbocycles. The second kappa shape index (κ2) is 8.29. The molecule has 2 aliphatic heterocycles. The Hall–Kier alpha value is -1.88. The van der Waals surface area contributed by atoms with Crippen LogP contribution >= 0.6 is 0 Å². The lowest BCUT2D eigenvalue weighted by atomic mass is 10.2. The average Bonchev–Trinajstić information content (AvgIpc) is 2.91. The number of piperazine rings is 1. The Morgan fingerprint density at radius 3 is 1.83 bits per heavy atom. The normalized spacial score (nSPS) is 19.8. The van der Waals surface area contributed by atoms with Gasteiger partial charge in [-0.3, -0.25) is 14.5 Å². The highest BCUT2D eigenvalue weighted by atomic mass is 16.2. The summed E-state index contributed by atoms with van der Waals surface area (Å²) in [6.45, 7) is 5.32. The Morgan fingerprint density at radius 2 is 1.25 bits per heavy atom. The standard InChI is InChI=1S/C19H27N3O2/c23-18(21-10-6-1-2-7-11-21)19(24)22-14-12-20(13-15-22)16-17-8-4-3-5-9-17/h3-5,8-9H,1-2,6-7,10-16H2. The first-order chi connectivity index (χ1) is 11.7. The molecule has 0 saturated carbocycles. The molecule has 0 N–H and O–H groups in total. The van der Waals surface area contributed by atoms with Crippen molar-refractivity contribution in [1.29, 1.82) is 0 Å². The Bertz CT molecular complexity index is 545. The molecule has 3 rings (SSSR count). The van der Waals surface area contributed by atoms with Crippen molar-refractivity contribution in [1.82, 2.24) is 14.7 Å². The molecule has 2 aliphatic rings. The van der Waals surface area contributed by atoms with Crippen LogP contribution in [0.2, 0.25) is 0 Å². The van der Waals surface area contributed by atoms with Crippen LogP contribution in [0, 0.1) is 0 Å². The van der Waals surface area contributed by atoms with Gasteiger partial charge in [0.25, 0.3) is 0 Å². The summed E-state index contributed by atoms with van der Waals surface area (Å²) in [4.78, 5) is 30.8. The lowest BCUT2D eigenvalue weighted by molar-refractivity contribution is -0.152. The quantitative estimate of drug-likeness (QED) is 0.776. The zero-order valence-electron chi connectivity index (χ0n) is 14.3. The summed E-state index contributed by atoms with van der Waals surface area (Å²) in [7, 11) is 0. The minimum atomic E-state index is -0.309. The third kappa shape index (κ3) is 4.35. The van der Waals surface area contributed by atoms with Crippen molar-refractivity contribution in [3.8, 4) is 0 Å². The van der Waals surface area contributed by atoms with Gasteiger partial charge in [0, 0.05) is 45.8 Å². The van der Waals surface area contributed by atoms with E-state index < -0.39 is 0 Å². The van der Waals surface area contributed by atoms with Gasteiger partial charge in [-0.05, 0) is 18.4 Å². The highest BCUT2D eigenvalue weighted by Gasteiger charge is 2.29. The average molecular weight is 329 g/mol. The number of hydrogen-bond donors (Lipinski definition) is 0. The van der Waals surface area contributed by atoms with Gasteiger partial charge in [-0.25, -0.2) is 0 Å². The van der Waals surface area contributed by atoms with Gasteiger partial charge in [0.15, 0.2) is 0 Å². The third-order valence-corrected chi connectivity index (χ3v) is 4.98. The Kier molecular flexibility index (Phi) is 5.86. The third-order valence-electron chi connectivity index (χ3n) is 4.98. The number of rotatable bonds is 2. The smallest absolute Gasteiger partial charge is 0.312 e. The molecule has 24 heavy (non-hydrogen) atoms. The fraction of sp³-hybridized carbons (Fsp3) is 0.579. The first kappa shape index (κ1) is 17.0. The summed E-state index contributed by atoms with van der Waals surface area (Å²) < 4.78 is 0. The van der Waals surface area contributed by atoms with E-state index in [4.69, 9.17) is 0 Å². The van der Waals surface area contributed by atoms with Gasteiger partial charge < -0.3 is 9.80 Å². The summed E-state index contributed by atoms with van der Waals surface area (Å²) in [5.74, 6) is -0.607. The summed E-state index contributed by atoms with van der Waals surface area (Å²) in [5.41, 5.74) is 1.29. The molecule has 2 heterocycles. The molecule has 2 amide bonds. The van der Waals surface area contributed by atoms with Gasteiger partial charge in [-0.15, -0.1) is 0 Å². The van der Waals surface area contributed by atoms with Gasteiger partial charge >= 0.3 is 11.8 Å². The fourth-order valence-electron chi connectivity index (χ4n) is 3.49. The predicted octanol–water partition coefficient (Wildman–Crippen LogP) is 1.73. The molecule has 0 radical (unpaired) electrons. The van der Waals surface area contributed by atoms with Crippen LogP contribution in [-0.2, 0) is 16.1 Å².